The van der Waals surface area contributed by atoms with Gasteiger partial charge in [-0.1, -0.05) is 5.11 Å². The SMILES string of the molecule is [N-]=[N+]=Nc1cc2ccc(N3CCN(C=O)CC3)cc2oc1=O. The van der Waals surface area contributed by atoms with Gasteiger partial charge in [0.15, 0.2) is 0 Å². The summed E-state index contributed by atoms with van der Waals surface area (Å²) in [6, 6.07) is 7.02. The van der Waals surface area contributed by atoms with Crippen molar-refractivity contribution in [3.05, 3.63) is 45.1 Å². The van der Waals surface area contributed by atoms with Gasteiger partial charge in [-0.3, -0.25) is 4.79 Å². The van der Waals surface area contributed by atoms with Crippen LogP contribution in [0.5, 0.6) is 0 Å². The van der Waals surface area contributed by atoms with Crippen molar-refractivity contribution in [1.82, 2.24) is 4.90 Å². The van der Waals surface area contributed by atoms with E-state index in [1.165, 1.54) is 6.07 Å². The molecule has 1 aliphatic rings. The highest BCUT2D eigenvalue weighted by Crippen LogP contribution is 2.24. The van der Waals surface area contributed by atoms with Crippen LogP contribution in [0, 0.1) is 0 Å². The number of azide groups is 1. The van der Waals surface area contributed by atoms with Crippen LogP contribution >= 0.6 is 0 Å². The van der Waals surface area contributed by atoms with Gasteiger partial charge in [0.05, 0.1) is 0 Å². The molecule has 2 aromatic rings. The van der Waals surface area contributed by atoms with E-state index in [-0.39, 0.29) is 5.69 Å². The summed E-state index contributed by atoms with van der Waals surface area (Å²) in [6.45, 7) is 2.79. The van der Waals surface area contributed by atoms with Crippen LogP contribution in [-0.2, 0) is 4.79 Å². The molecule has 1 fully saturated rings. The fourth-order valence-corrected chi connectivity index (χ4v) is 2.49. The number of carbonyl (C=O) groups excluding carboxylic acids is 1. The van der Waals surface area contributed by atoms with Gasteiger partial charge in [0.1, 0.15) is 11.3 Å². The quantitative estimate of drug-likeness (QED) is 0.284. The Morgan fingerprint density at radius 3 is 2.68 bits per heavy atom. The molecule has 0 saturated carbocycles. The second-order valence-corrected chi connectivity index (χ2v) is 4.96. The van der Waals surface area contributed by atoms with E-state index in [4.69, 9.17) is 9.95 Å². The molecule has 0 N–H and O–H groups in total. The number of benzene rings is 1. The average Bonchev–Trinajstić information content (AvgIpc) is 2.55. The highest BCUT2D eigenvalue weighted by atomic mass is 16.4. The minimum absolute atomic E-state index is 0.0534. The van der Waals surface area contributed by atoms with Gasteiger partial charge >= 0.3 is 5.63 Å². The zero-order chi connectivity index (χ0) is 15.5. The maximum absolute atomic E-state index is 11.7. The molecule has 1 aromatic heterocycles. The predicted molar refractivity (Wildman–Crippen MR) is 81.1 cm³/mol. The number of carbonyl (C=O) groups is 1. The number of nitrogens with zero attached hydrogens (tertiary/aromatic N) is 5. The van der Waals surface area contributed by atoms with Gasteiger partial charge in [0.25, 0.3) is 0 Å². The van der Waals surface area contributed by atoms with Crippen LogP contribution in [0.4, 0.5) is 11.4 Å². The van der Waals surface area contributed by atoms with Gasteiger partial charge in [-0.15, -0.1) is 0 Å². The summed E-state index contributed by atoms with van der Waals surface area (Å²) in [4.78, 5) is 28.9. The van der Waals surface area contributed by atoms with Gasteiger partial charge in [-0.05, 0) is 23.7 Å². The second kappa shape index (κ2) is 5.79. The molecule has 8 nitrogen and oxygen atoms in total. The molecule has 8 heteroatoms. The van der Waals surface area contributed by atoms with Crippen molar-refractivity contribution in [3.63, 3.8) is 0 Å². The fourth-order valence-electron chi connectivity index (χ4n) is 2.49. The van der Waals surface area contributed by atoms with Gasteiger partial charge in [-0.2, -0.15) is 0 Å². The summed E-state index contributed by atoms with van der Waals surface area (Å²) < 4.78 is 5.21. The van der Waals surface area contributed by atoms with Crippen LogP contribution in [0.1, 0.15) is 0 Å². The molecule has 0 radical (unpaired) electrons. The van der Waals surface area contributed by atoms with E-state index >= 15 is 0 Å². The van der Waals surface area contributed by atoms with E-state index in [2.05, 4.69) is 14.9 Å². The molecular weight excluding hydrogens is 286 g/mol. The van der Waals surface area contributed by atoms with E-state index in [1.54, 1.807) is 11.0 Å². The van der Waals surface area contributed by atoms with Crippen molar-refractivity contribution in [1.29, 1.82) is 0 Å². The number of rotatable bonds is 3. The highest BCUT2D eigenvalue weighted by molar-refractivity contribution is 5.82. The number of hydrogen-bond acceptors (Lipinski definition) is 5. The Kier molecular flexibility index (Phi) is 3.67. The van der Waals surface area contributed by atoms with Crippen LogP contribution in [-0.4, -0.2) is 37.5 Å². The molecule has 0 spiro atoms. The lowest BCUT2D eigenvalue weighted by Gasteiger charge is -2.34. The first kappa shape index (κ1) is 14.0. The number of fused-ring (bicyclic) bond motifs is 1. The minimum atomic E-state index is -0.659. The Labute approximate surface area is 125 Å². The maximum Gasteiger partial charge on any atom is 0.345 e. The standard InChI is InChI=1S/C14H13N5O3/c15-17-16-12-7-10-1-2-11(8-13(10)22-14(12)21)19-5-3-18(9-20)4-6-19/h1-2,7-9H,3-6H2. The molecule has 0 aliphatic carbocycles. The Balaban J connectivity index is 1.93. The largest absolute Gasteiger partial charge is 0.422 e. The molecule has 112 valence electrons. The van der Waals surface area contributed by atoms with Crippen molar-refractivity contribution in [2.75, 3.05) is 31.1 Å². The molecule has 2 heterocycles. The third-order valence-corrected chi connectivity index (χ3v) is 3.68. The van der Waals surface area contributed by atoms with Gasteiger partial charge < -0.3 is 14.2 Å². The first-order valence-corrected chi connectivity index (χ1v) is 6.78. The number of piperazine rings is 1. The predicted octanol–water partition coefficient (Wildman–Crippen LogP) is 2.01. The van der Waals surface area contributed by atoms with Crippen molar-refractivity contribution >= 4 is 28.8 Å². The highest BCUT2D eigenvalue weighted by Gasteiger charge is 2.16. The van der Waals surface area contributed by atoms with Crippen molar-refractivity contribution < 1.29 is 9.21 Å². The first-order valence-electron chi connectivity index (χ1n) is 6.78. The van der Waals surface area contributed by atoms with Crippen LogP contribution < -0.4 is 10.5 Å². The summed E-state index contributed by atoms with van der Waals surface area (Å²) in [5, 5.41) is 4.00. The Hall–Kier alpha value is -2.99. The van der Waals surface area contributed by atoms with E-state index in [9.17, 15) is 9.59 Å². The van der Waals surface area contributed by atoms with Gasteiger partial charge in [0, 0.05) is 48.2 Å². The normalized spacial score (nSPS) is 14.7. The Morgan fingerprint density at radius 2 is 2.00 bits per heavy atom. The molecule has 0 unspecified atom stereocenters. The van der Waals surface area contributed by atoms with Crippen LogP contribution in [0.25, 0.3) is 21.4 Å². The number of amides is 1. The van der Waals surface area contributed by atoms with Crippen molar-refractivity contribution in [3.8, 4) is 0 Å². The third-order valence-electron chi connectivity index (χ3n) is 3.68. The van der Waals surface area contributed by atoms with Gasteiger partial charge in [-0.25, -0.2) is 4.79 Å². The van der Waals surface area contributed by atoms with Crippen LogP contribution in [0.2, 0.25) is 0 Å². The van der Waals surface area contributed by atoms with E-state index in [0.29, 0.717) is 24.1 Å². The smallest absolute Gasteiger partial charge is 0.345 e. The third kappa shape index (κ3) is 2.59. The lowest BCUT2D eigenvalue weighted by atomic mass is 10.2. The molecular formula is C14H13N5O3. The Bertz CT molecular complexity index is 817. The lowest BCUT2D eigenvalue weighted by molar-refractivity contribution is -0.118. The molecule has 1 aliphatic heterocycles. The zero-order valence-electron chi connectivity index (χ0n) is 11.7. The molecule has 0 bridgehead atoms. The summed E-state index contributed by atoms with van der Waals surface area (Å²) in [5.41, 5.74) is 9.07. The summed E-state index contributed by atoms with van der Waals surface area (Å²) in [5.74, 6) is 0. The van der Waals surface area contributed by atoms with E-state index in [1.807, 2.05) is 12.1 Å². The number of anilines is 1. The molecule has 1 aromatic carbocycles. The summed E-state index contributed by atoms with van der Waals surface area (Å²) in [6.07, 6.45) is 0.855. The topological polar surface area (TPSA) is 103 Å². The summed E-state index contributed by atoms with van der Waals surface area (Å²) in [7, 11) is 0. The van der Waals surface area contributed by atoms with Gasteiger partial charge in [0.2, 0.25) is 6.41 Å². The van der Waals surface area contributed by atoms with Crippen molar-refractivity contribution in [2.45, 2.75) is 0 Å². The molecule has 3 rings (SSSR count). The fraction of sp³-hybridized carbons (Fsp3) is 0.286. The minimum Gasteiger partial charge on any atom is -0.422 e. The lowest BCUT2D eigenvalue weighted by Crippen LogP contribution is -2.45. The molecule has 22 heavy (non-hydrogen) atoms. The second-order valence-electron chi connectivity index (χ2n) is 4.96. The number of hydrogen-bond donors (Lipinski definition) is 0. The summed E-state index contributed by atoms with van der Waals surface area (Å²) >= 11 is 0. The zero-order valence-corrected chi connectivity index (χ0v) is 11.7. The Morgan fingerprint density at radius 1 is 1.23 bits per heavy atom. The molecule has 0 atom stereocenters. The first-order chi connectivity index (χ1) is 10.7. The van der Waals surface area contributed by atoms with Crippen molar-refractivity contribution in [2.24, 2.45) is 5.11 Å². The molecule has 1 amide bonds. The average molecular weight is 299 g/mol. The van der Waals surface area contributed by atoms with E-state index in [0.717, 1.165) is 25.2 Å². The van der Waals surface area contributed by atoms with E-state index < -0.39 is 5.63 Å². The maximum atomic E-state index is 11.7. The molecule has 1 saturated heterocycles. The van der Waals surface area contributed by atoms with Crippen LogP contribution in [0.3, 0.4) is 0 Å². The van der Waals surface area contributed by atoms with Crippen LogP contribution in [0.15, 0.2) is 38.6 Å². The monoisotopic (exact) mass is 299 g/mol.